The van der Waals surface area contributed by atoms with Crippen LogP contribution in [0.5, 0.6) is 0 Å². The van der Waals surface area contributed by atoms with E-state index >= 15 is 0 Å². The fourth-order valence-corrected chi connectivity index (χ4v) is 2.38. The highest BCUT2D eigenvalue weighted by atomic mass is 35.5. The van der Waals surface area contributed by atoms with Gasteiger partial charge in [-0.25, -0.2) is 9.78 Å². The highest BCUT2D eigenvalue weighted by Crippen LogP contribution is 2.34. The molecule has 22 heavy (non-hydrogen) atoms. The zero-order valence-corrected chi connectivity index (χ0v) is 13.9. The Balaban J connectivity index is 2.67. The molecule has 0 bridgehead atoms. The standard InChI is InChI=1S/C17H19ClN2O2/c1-5-22-16(21)13-10-12(11-6-8-19-9-7-11)14(17(2,3)4)20-15(13)18/h6-10H,5H2,1-4H3. The van der Waals surface area contributed by atoms with Crippen molar-refractivity contribution in [1.29, 1.82) is 0 Å². The third-order valence-corrected chi connectivity index (χ3v) is 3.46. The molecule has 0 aliphatic heterocycles. The molecule has 0 saturated carbocycles. The van der Waals surface area contributed by atoms with Gasteiger partial charge in [-0.15, -0.1) is 0 Å². The van der Waals surface area contributed by atoms with E-state index in [1.54, 1.807) is 25.4 Å². The summed E-state index contributed by atoms with van der Waals surface area (Å²) in [5.41, 5.74) is 2.70. The molecule has 0 unspecified atom stereocenters. The number of halogens is 1. The largest absolute Gasteiger partial charge is 0.462 e. The van der Waals surface area contributed by atoms with E-state index in [0.29, 0.717) is 6.61 Å². The van der Waals surface area contributed by atoms with Crippen LogP contribution in [-0.4, -0.2) is 22.5 Å². The average molecular weight is 319 g/mol. The van der Waals surface area contributed by atoms with Crippen LogP contribution < -0.4 is 0 Å². The first-order valence-electron chi connectivity index (χ1n) is 7.13. The van der Waals surface area contributed by atoms with Crippen LogP contribution >= 0.6 is 11.6 Å². The van der Waals surface area contributed by atoms with E-state index in [4.69, 9.17) is 16.3 Å². The molecule has 0 saturated heterocycles. The minimum Gasteiger partial charge on any atom is -0.462 e. The average Bonchev–Trinajstić information content (AvgIpc) is 2.47. The molecule has 0 radical (unpaired) electrons. The Morgan fingerprint density at radius 2 is 1.91 bits per heavy atom. The normalized spacial score (nSPS) is 11.3. The van der Waals surface area contributed by atoms with E-state index < -0.39 is 5.97 Å². The number of rotatable bonds is 3. The number of ether oxygens (including phenoxy) is 1. The molecule has 0 aromatic carbocycles. The number of hydrogen-bond acceptors (Lipinski definition) is 4. The smallest absolute Gasteiger partial charge is 0.341 e. The van der Waals surface area contributed by atoms with E-state index in [2.05, 4.69) is 30.7 Å². The molecule has 2 aromatic heterocycles. The summed E-state index contributed by atoms with van der Waals surface area (Å²) in [6, 6.07) is 5.52. The lowest BCUT2D eigenvalue weighted by molar-refractivity contribution is 0.0526. The van der Waals surface area contributed by atoms with Crippen LogP contribution in [0.25, 0.3) is 11.1 Å². The van der Waals surface area contributed by atoms with Crippen molar-refractivity contribution in [1.82, 2.24) is 9.97 Å². The van der Waals surface area contributed by atoms with Crippen molar-refractivity contribution in [3.05, 3.63) is 47.0 Å². The van der Waals surface area contributed by atoms with Gasteiger partial charge >= 0.3 is 5.97 Å². The van der Waals surface area contributed by atoms with E-state index in [1.165, 1.54) is 0 Å². The van der Waals surface area contributed by atoms with Crippen LogP contribution in [0, 0.1) is 0 Å². The van der Waals surface area contributed by atoms with Crippen LogP contribution in [-0.2, 0) is 10.2 Å². The van der Waals surface area contributed by atoms with Crippen LogP contribution in [0.3, 0.4) is 0 Å². The van der Waals surface area contributed by atoms with Gasteiger partial charge in [-0.05, 0) is 30.7 Å². The minimum atomic E-state index is -0.462. The number of esters is 1. The maximum atomic E-state index is 12.1. The summed E-state index contributed by atoms with van der Waals surface area (Å²) in [4.78, 5) is 20.5. The Morgan fingerprint density at radius 3 is 2.45 bits per heavy atom. The molecule has 0 spiro atoms. The zero-order valence-electron chi connectivity index (χ0n) is 13.2. The second-order valence-electron chi connectivity index (χ2n) is 5.93. The van der Waals surface area contributed by atoms with Gasteiger partial charge in [0, 0.05) is 23.4 Å². The van der Waals surface area contributed by atoms with Gasteiger partial charge < -0.3 is 4.74 Å². The summed E-state index contributed by atoms with van der Waals surface area (Å²) in [6.07, 6.45) is 3.42. The van der Waals surface area contributed by atoms with Gasteiger partial charge in [0.05, 0.1) is 17.9 Å². The van der Waals surface area contributed by atoms with Crippen molar-refractivity contribution in [2.24, 2.45) is 0 Å². The predicted octanol–water partition coefficient (Wildman–Crippen LogP) is 4.27. The van der Waals surface area contributed by atoms with Gasteiger partial charge in [-0.2, -0.15) is 0 Å². The monoisotopic (exact) mass is 318 g/mol. The maximum Gasteiger partial charge on any atom is 0.341 e. The summed E-state index contributed by atoms with van der Waals surface area (Å²) < 4.78 is 5.05. The number of carbonyl (C=O) groups is 1. The van der Waals surface area contributed by atoms with Crippen LogP contribution in [0.15, 0.2) is 30.6 Å². The summed E-state index contributed by atoms with van der Waals surface area (Å²) in [5.74, 6) is -0.462. The molecule has 0 aliphatic rings. The Morgan fingerprint density at radius 1 is 1.27 bits per heavy atom. The molecular formula is C17H19ClN2O2. The van der Waals surface area contributed by atoms with Crippen molar-refractivity contribution in [2.75, 3.05) is 6.61 Å². The summed E-state index contributed by atoms with van der Waals surface area (Å²) in [5, 5.41) is 0.168. The number of hydrogen-bond donors (Lipinski definition) is 0. The molecule has 0 aliphatic carbocycles. The molecule has 2 aromatic rings. The fraction of sp³-hybridized carbons (Fsp3) is 0.353. The lowest BCUT2D eigenvalue weighted by atomic mass is 9.86. The second-order valence-corrected chi connectivity index (χ2v) is 6.29. The number of nitrogens with zero attached hydrogens (tertiary/aromatic N) is 2. The number of carbonyl (C=O) groups excluding carboxylic acids is 1. The molecule has 0 atom stereocenters. The predicted molar refractivity (Wildman–Crippen MR) is 87.1 cm³/mol. The lowest BCUT2D eigenvalue weighted by Crippen LogP contribution is -2.17. The Kier molecular flexibility index (Phi) is 4.81. The van der Waals surface area contributed by atoms with E-state index in [1.807, 2.05) is 12.1 Å². The number of pyridine rings is 2. The highest BCUT2D eigenvalue weighted by molar-refractivity contribution is 6.32. The van der Waals surface area contributed by atoms with Gasteiger partial charge in [0.2, 0.25) is 0 Å². The molecule has 0 fully saturated rings. The first kappa shape index (κ1) is 16.4. The van der Waals surface area contributed by atoms with Crippen molar-refractivity contribution in [3.8, 4) is 11.1 Å². The van der Waals surface area contributed by atoms with Gasteiger partial charge in [-0.1, -0.05) is 32.4 Å². The van der Waals surface area contributed by atoms with Crippen LogP contribution in [0.2, 0.25) is 5.15 Å². The third-order valence-electron chi connectivity index (χ3n) is 3.17. The van der Waals surface area contributed by atoms with Crippen molar-refractivity contribution in [2.45, 2.75) is 33.1 Å². The van der Waals surface area contributed by atoms with Gasteiger partial charge in [0.15, 0.2) is 0 Å². The molecule has 0 N–H and O–H groups in total. The Labute approximate surface area is 135 Å². The zero-order chi connectivity index (χ0) is 16.3. The SMILES string of the molecule is CCOC(=O)c1cc(-c2ccncc2)c(C(C)(C)C)nc1Cl. The molecule has 0 amide bonds. The summed E-state index contributed by atoms with van der Waals surface area (Å²) in [6.45, 7) is 8.22. The minimum absolute atomic E-state index is 0.168. The molecule has 4 nitrogen and oxygen atoms in total. The Bertz CT molecular complexity index is 679. The van der Waals surface area contributed by atoms with Crippen molar-refractivity contribution in [3.63, 3.8) is 0 Å². The molecule has 2 rings (SSSR count). The lowest BCUT2D eigenvalue weighted by Gasteiger charge is -2.23. The summed E-state index contributed by atoms with van der Waals surface area (Å²) >= 11 is 6.20. The van der Waals surface area contributed by atoms with Gasteiger partial charge in [0.1, 0.15) is 5.15 Å². The maximum absolute atomic E-state index is 12.1. The quantitative estimate of drug-likeness (QED) is 0.626. The fourth-order valence-electron chi connectivity index (χ4n) is 2.17. The van der Waals surface area contributed by atoms with E-state index in [9.17, 15) is 4.79 Å². The second kappa shape index (κ2) is 6.44. The van der Waals surface area contributed by atoms with E-state index in [0.717, 1.165) is 16.8 Å². The van der Waals surface area contributed by atoms with Crippen LogP contribution in [0.4, 0.5) is 0 Å². The summed E-state index contributed by atoms with van der Waals surface area (Å²) in [7, 11) is 0. The Hall–Kier alpha value is -1.94. The third kappa shape index (κ3) is 3.45. The van der Waals surface area contributed by atoms with Gasteiger partial charge in [-0.3, -0.25) is 4.98 Å². The molecule has 116 valence electrons. The van der Waals surface area contributed by atoms with Crippen molar-refractivity contribution >= 4 is 17.6 Å². The van der Waals surface area contributed by atoms with Crippen molar-refractivity contribution < 1.29 is 9.53 Å². The topological polar surface area (TPSA) is 52.1 Å². The van der Waals surface area contributed by atoms with E-state index in [-0.39, 0.29) is 16.1 Å². The molecule has 5 heteroatoms. The molecule has 2 heterocycles. The first-order valence-corrected chi connectivity index (χ1v) is 7.51. The number of aromatic nitrogens is 2. The van der Waals surface area contributed by atoms with Crippen LogP contribution in [0.1, 0.15) is 43.7 Å². The molecular weight excluding hydrogens is 300 g/mol. The first-order chi connectivity index (χ1) is 10.3. The highest BCUT2D eigenvalue weighted by Gasteiger charge is 2.25. The van der Waals surface area contributed by atoms with Gasteiger partial charge in [0.25, 0.3) is 0 Å².